The molecule has 1 aromatic carbocycles. The minimum atomic E-state index is -0.435. The molecular weight excluding hydrogens is 586 g/mol. The maximum Gasteiger partial charge on any atom is 0.186 e. The number of carbonyl (C=O) groups excluding carboxylic acids is 2. The fourth-order valence-corrected chi connectivity index (χ4v) is 6.87. The number of ketones is 2. The highest BCUT2D eigenvalue weighted by atomic mass is 16.5. The number of aliphatic hydroxyl groups is 2. The van der Waals surface area contributed by atoms with Gasteiger partial charge in [-0.05, 0) is 99.3 Å². The summed E-state index contributed by atoms with van der Waals surface area (Å²) in [6.45, 7) is 3.44. The lowest BCUT2D eigenvalue weighted by molar-refractivity contribution is -0.117. The molecule has 46 heavy (non-hydrogen) atoms. The molecule has 4 atom stereocenters. The lowest BCUT2D eigenvalue weighted by Crippen LogP contribution is -2.34. The van der Waals surface area contributed by atoms with Crippen molar-refractivity contribution in [3.63, 3.8) is 0 Å². The molecule has 7 N–H and O–H groups in total. The van der Waals surface area contributed by atoms with Gasteiger partial charge in [-0.15, -0.1) is 0 Å². The standard InChI is InChI=1S/C36H53N3O7/c1-4-8-24(20-40)17-28(43)15-14-25-19-33(46-29-10-5-6-11-29)35(44)34-30(25)12-7-9-27(39-36(37)38)18-26(21-41)32(22-45-3)31(34)16-13-23(2)42/h17,19,26-27,29,31-32,40-41,44H,4-6,8-11,13-16,18,20-22H2,1-3H3,(H4,37,38,39)/t26-,27-,31-,32-/m1/s1. The average molecular weight is 640 g/mol. The fourth-order valence-electron chi connectivity index (χ4n) is 6.87. The molecule has 0 aliphatic heterocycles. The molecule has 0 bridgehead atoms. The van der Waals surface area contributed by atoms with Crippen molar-refractivity contribution >= 4 is 17.5 Å². The van der Waals surface area contributed by atoms with Crippen LogP contribution < -0.4 is 16.2 Å². The van der Waals surface area contributed by atoms with Crippen molar-refractivity contribution in [2.45, 2.75) is 109 Å². The predicted molar refractivity (Wildman–Crippen MR) is 179 cm³/mol. The number of nitrogens with zero attached hydrogens (tertiary/aromatic N) is 1. The van der Waals surface area contributed by atoms with E-state index in [2.05, 4.69) is 16.8 Å². The summed E-state index contributed by atoms with van der Waals surface area (Å²) >= 11 is 0. The number of ether oxygens (including phenoxy) is 2. The first kappa shape index (κ1) is 37.1. The molecular formula is C36H53N3O7. The van der Waals surface area contributed by atoms with Crippen LogP contribution >= 0.6 is 0 Å². The smallest absolute Gasteiger partial charge is 0.186 e. The zero-order valence-corrected chi connectivity index (χ0v) is 27.7. The van der Waals surface area contributed by atoms with E-state index in [9.17, 15) is 24.9 Å². The molecule has 10 heteroatoms. The van der Waals surface area contributed by atoms with Gasteiger partial charge in [0.25, 0.3) is 0 Å². The Morgan fingerprint density at radius 1 is 1.15 bits per heavy atom. The molecule has 3 rings (SSSR count). The summed E-state index contributed by atoms with van der Waals surface area (Å²) in [4.78, 5) is 29.8. The number of methoxy groups -OCH3 is 1. The number of phenolic OH excluding ortho intramolecular Hbond substituents is 1. The van der Waals surface area contributed by atoms with Crippen LogP contribution in [-0.2, 0) is 20.7 Å². The summed E-state index contributed by atoms with van der Waals surface area (Å²) in [5, 5.41) is 32.4. The second-order valence-electron chi connectivity index (χ2n) is 12.7. The number of rotatable bonds is 16. The van der Waals surface area contributed by atoms with Gasteiger partial charge in [0.2, 0.25) is 0 Å². The van der Waals surface area contributed by atoms with Crippen molar-refractivity contribution in [3.8, 4) is 23.3 Å². The number of allylic oxidation sites excluding steroid dienone is 1. The summed E-state index contributed by atoms with van der Waals surface area (Å²) in [7, 11) is 1.59. The van der Waals surface area contributed by atoms with E-state index in [1.807, 2.05) is 6.92 Å². The number of hydrogen-bond acceptors (Lipinski definition) is 8. The number of aryl methyl sites for hydroxylation is 1. The van der Waals surface area contributed by atoms with E-state index < -0.39 is 5.92 Å². The number of carbonyl (C=O) groups is 2. The van der Waals surface area contributed by atoms with Crippen molar-refractivity contribution in [1.82, 2.24) is 0 Å². The molecule has 0 spiro atoms. The molecule has 0 amide bonds. The van der Waals surface area contributed by atoms with Crippen molar-refractivity contribution in [2.75, 3.05) is 26.9 Å². The maximum atomic E-state index is 13.1. The normalized spacial score (nSPS) is 22.0. The molecule has 0 heterocycles. The van der Waals surface area contributed by atoms with Gasteiger partial charge in [0, 0.05) is 50.7 Å². The predicted octanol–water partition coefficient (Wildman–Crippen LogP) is 4.05. The Bertz CT molecular complexity index is 1300. The minimum absolute atomic E-state index is 0.00190. The number of guanidine groups is 1. The Kier molecular flexibility index (Phi) is 15.1. The lowest BCUT2D eigenvalue weighted by Gasteiger charge is -2.36. The van der Waals surface area contributed by atoms with Crippen LogP contribution in [0.4, 0.5) is 0 Å². The summed E-state index contributed by atoms with van der Waals surface area (Å²) in [6.07, 6.45) is 8.70. The zero-order chi connectivity index (χ0) is 33.6. The van der Waals surface area contributed by atoms with Gasteiger partial charge in [-0.2, -0.15) is 0 Å². The molecule has 10 nitrogen and oxygen atoms in total. The number of nitrogens with two attached hydrogens (primary N) is 2. The van der Waals surface area contributed by atoms with Gasteiger partial charge in [-0.1, -0.05) is 25.2 Å². The SMILES string of the molecule is CCCC(=CC(=O)CCc1cc(OC2CCCC2)c(O)c2c1C#CC[C@@H](N=C(N)N)C[C@H](CO)[C@@H](COC)[C@H]2CCC(C)=O)CO. The molecule has 1 aromatic rings. The Morgan fingerprint density at radius 3 is 2.50 bits per heavy atom. The monoisotopic (exact) mass is 639 g/mol. The fraction of sp³-hybridized carbons (Fsp3) is 0.639. The number of aliphatic hydroxyl groups excluding tert-OH is 2. The molecule has 2 aliphatic rings. The van der Waals surface area contributed by atoms with Crippen molar-refractivity contribution in [2.24, 2.45) is 28.3 Å². The number of aromatic hydroxyl groups is 1. The highest BCUT2D eigenvalue weighted by molar-refractivity contribution is 5.90. The van der Waals surface area contributed by atoms with E-state index in [1.54, 1.807) is 13.2 Å². The molecule has 0 saturated heterocycles. The first-order chi connectivity index (χ1) is 22.1. The zero-order valence-electron chi connectivity index (χ0n) is 27.7. The van der Waals surface area contributed by atoms with Gasteiger partial charge in [0.15, 0.2) is 23.2 Å². The first-order valence-electron chi connectivity index (χ1n) is 16.7. The number of phenols is 1. The number of fused-ring (bicyclic) bond motifs is 1. The van der Waals surface area contributed by atoms with Crippen LogP contribution in [0.2, 0.25) is 0 Å². The Balaban J connectivity index is 2.27. The van der Waals surface area contributed by atoms with Crippen LogP contribution in [0.15, 0.2) is 22.7 Å². The van der Waals surface area contributed by atoms with E-state index in [0.29, 0.717) is 54.6 Å². The summed E-state index contributed by atoms with van der Waals surface area (Å²) < 4.78 is 12.1. The third-order valence-corrected chi connectivity index (χ3v) is 9.11. The van der Waals surface area contributed by atoms with Crippen molar-refractivity contribution in [3.05, 3.63) is 34.4 Å². The number of aliphatic imine (C=N–C) groups is 1. The second kappa shape index (κ2) is 18.7. The molecule has 0 unspecified atom stereocenters. The van der Waals surface area contributed by atoms with Crippen molar-refractivity contribution < 1.29 is 34.4 Å². The van der Waals surface area contributed by atoms with Gasteiger partial charge in [0.1, 0.15) is 5.78 Å². The Morgan fingerprint density at radius 2 is 1.89 bits per heavy atom. The van der Waals surface area contributed by atoms with Gasteiger partial charge in [-0.3, -0.25) is 4.79 Å². The minimum Gasteiger partial charge on any atom is -0.504 e. The van der Waals surface area contributed by atoms with Crippen LogP contribution in [-0.4, -0.2) is 71.9 Å². The van der Waals surface area contributed by atoms with E-state index in [0.717, 1.165) is 37.7 Å². The third-order valence-electron chi connectivity index (χ3n) is 9.11. The Labute approximate surface area is 273 Å². The average Bonchev–Trinajstić information content (AvgIpc) is 3.53. The van der Waals surface area contributed by atoms with Crippen LogP contribution in [0.1, 0.15) is 107 Å². The van der Waals surface area contributed by atoms with E-state index in [1.165, 1.54) is 13.0 Å². The first-order valence-corrected chi connectivity index (χ1v) is 16.7. The summed E-state index contributed by atoms with van der Waals surface area (Å²) in [5.41, 5.74) is 14.1. The van der Waals surface area contributed by atoms with E-state index in [4.69, 9.17) is 20.9 Å². The molecule has 0 radical (unpaired) electrons. The van der Waals surface area contributed by atoms with Gasteiger partial charge >= 0.3 is 0 Å². The molecule has 1 saturated carbocycles. The van der Waals surface area contributed by atoms with Crippen LogP contribution in [0.25, 0.3) is 0 Å². The number of benzene rings is 1. The molecule has 2 aliphatic carbocycles. The second-order valence-corrected chi connectivity index (χ2v) is 12.7. The maximum absolute atomic E-state index is 13.1. The Hall–Kier alpha value is -3.39. The molecule has 254 valence electrons. The van der Waals surface area contributed by atoms with Crippen LogP contribution in [0.5, 0.6) is 11.5 Å². The topological polar surface area (TPSA) is 178 Å². The largest absolute Gasteiger partial charge is 0.504 e. The summed E-state index contributed by atoms with van der Waals surface area (Å²) in [6, 6.07) is 1.42. The van der Waals surface area contributed by atoms with Crippen molar-refractivity contribution in [1.29, 1.82) is 0 Å². The highest BCUT2D eigenvalue weighted by Gasteiger charge is 2.37. The highest BCUT2D eigenvalue weighted by Crippen LogP contribution is 2.47. The van der Waals surface area contributed by atoms with Gasteiger partial charge < -0.3 is 41.1 Å². The van der Waals surface area contributed by atoms with E-state index >= 15 is 0 Å². The van der Waals surface area contributed by atoms with Crippen LogP contribution in [0.3, 0.4) is 0 Å². The summed E-state index contributed by atoms with van der Waals surface area (Å²) in [5.74, 6) is 5.58. The number of Topliss-reactive ketones (excluding diaryl/α,β-unsaturated/α-hetero) is 1. The van der Waals surface area contributed by atoms with Gasteiger partial charge in [0.05, 0.1) is 18.8 Å². The third kappa shape index (κ3) is 10.6. The van der Waals surface area contributed by atoms with Crippen LogP contribution in [0, 0.1) is 23.7 Å². The quantitative estimate of drug-likeness (QED) is 0.0773. The van der Waals surface area contributed by atoms with E-state index in [-0.39, 0.29) is 79.9 Å². The molecule has 1 fully saturated rings. The van der Waals surface area contributed by atoms with Gasteiger partial charge in [-0.25, -0.2) is 4.99 Å². The number of hydrogen-bond donors (Lipinski definition) is 5. The molecule has 0 aromatic heterocycles. The lowest BCUT2D eigenvalue weighted by atomic mass is 9.71.